The molecule has 0 aliphatic heterocycles. The number of nitrogens with one attached hydrogen (secondary N) is 2. The molecular formula is C13H21N3O2S2. The van der Waals surface area contributed by atoms with Gasteiger partial charge in [0.25, 0.3) is 0 Å². The van der Waals surface area contributed by atoms with Crippen LogP contribution in [0.25, 0.3) is 0 Å². The van der Waals surface area contributed by atoms with E-state index in [-0.39, 0.29) is 9.64 Å². The summed E-state index contributed by atoms with van der Waals surface area (Å²) in [6.07, 6.45) is 6.77. The molecule has 7 heteroatoms. The number of anilines is 1. The van der Waals surface area contributed by atoms with Crippen molar-refractivity contribution in [2.75, 3.05) is 24.7 Å². The van der Waals surface area contributed by atoms with Gasteiger partial charge in [-0.25, -0.2) is 18.1 Å². The molecular weight excluding hydrogens is 294 g/mol. The van der Waals surface area contributed by atoms with Crippen LogP contribution in [0, 0.1) is 0 Å². The Balaban J connectivity index is 2.02. The average Bonchev–Trinajstić information content (AvgIpc) is 2.39. The highest BCUT2D eigenvalue weighted by molar-refractivity contribution is 8.00. The van der Waals surface area contributed by atoms with E-state index in [1.54, 1.807) is 23.9 Å². The van der Waals surface area contributed by atoms with Gasteiger partial charge >= 0.3 is 0 Å². The van der Waals surface area contributed by atoms with E-state index in [4.69, 9.17) is 0 Å². The lowest BCUT2D eigenvalue weighted by molar-refractivity contribution is 0.362. The third-order valence-electron chi connectivity index (χ3n) is 3.69. The Labute approximate surface area is 125 Å². The molecule has 20 heavy (non-hydrogen) atoms. The monoisotopic (exact) mass is 315 g/mol. The summed E-state index contributed by atoms with van der Waals surface area (Å²) in [5, 5.41) is 3.04. The Morgan fingerprint density at radius 3 is 2.60 bits per heavy atom. The first kappa shape index (κ1) is 15.6. The zero-order valence-electron chi connectivity index (χ0n) is 11.8. The Hall–Kier alpha value is -0.790. The Morgan fingerprint density at radius 1 is 1.40 bits per heavy atom. The first-order valence-electron chi connectivity index (χ1n) is 6.76. The van der Waals surface area contributed by atoms with Crippen molar-refractivity contribution in [3.05, 3.63) is 18.3 Å². The van der Waals surface area contributed by atoms with Crippen molar-refractivity contribution < 1.29 is 8.42 Å². The van der Waals surface area contributed by atoms with E-state index in [1.165, 1.54) is 12.6 Å². The van der Waals surface area contributed by atoms with Crippen LogP contribution in [0.1, 0.15) is 26.2 Å². The SMILES string of the molecule is CCNc1ccc(S(=O)(=O)NCC2(SC)CCC2)cn1. The van der Waals surface area contributed by atoms with Crippen LogP contribution in [-0.2, 0) is 10.0 Å². The van der Waals surface area contributed by atoms with Gasteiger partial charge in [0.15, 0.2) is 0 Å². The van der Waals surface area contributed by atoms with Crippen LogP contribution in [0.2, 0.25) is 0 Å². The zero-order valence-corrected chi connectivity index (χ0v) is 13.5. The van der Waals surface area contributed by atoms with Crippen molar-refractivity contribution in [2.24, 2.45) is 0 Å². The van der Waals surface area contributed by atoms with Gasteiger partial charge < -0.3 is 5.32 Å². The van der Waals surface area contributed by atoms with E-state index < -0.39 is 10.0 Å². The van der Waals surface area contributed by atoms with Gasteiger partial charge in [-0.2, -0.15) is 11.8 Å². The lowest BCUT2D eigenvalue weighted by Gasteiger charge is -2.40. The molecule has 2 rings (SSSR count). The van der Waals surface area contributed by atoms with E-state index in [0.717, 1.165) is 19.4 Å². The van der Waals surface area contributed by atoms with Crippen molar-refractivity contribution in [2.45, 2.75) is 35.8 Å². The first-order valence-corrected chi connectivity index (χ1v) is 9.47. The molecule has 1 fully saturated rings. The van der Waals surface area contributed by atoms with Crippen molar-refractivity contribution in [1.82, 2.24) is 9.71 Å². The summed E-state index contributed by atoms with van der Waals surface area (Å²) < 4.78 is 27.2. The molecule has 5 nitrogen and oxygen atoms in total. The Kier molecular flexibility index (Phi) is 4.93. The van der Waals surface area contributed by atoms with Crippen molar-refractivity contribution >= 4 is 27.6 Å². The predicted molar refractivity (Wildman–Crippen MR) is 83.7 cm³/mol. The van der Waals surface area contributed by atoms with Gasteiger partial charge in [0.1, 0.15) is 10.7 Å². The molecule has 1 aliphatic carbocycles. The summed E-state index contributed by atoms with van der Waals surface area (Å²) in [7, 11) is -3.47. The molecule has 1 saturated carbocycles. The highest BCUT2D eigenvalue weighted by Gasteiger charge is 2.37. The molecule has 0 radical (unpaired) electrons. The summed E-state index contributed by atoms with van der Waals surface area (Å²) in [6.45, 7) is 3.22. The zero-order chi connectivity index (χ0) is 14.6. The Bertz CT molecular complexity index is 534. The Morgan fingerprint density at radius 2 is 2.15 bits per heavy atom. The van der Waals surface area contributed by atoms with Crippen LogP contribution >= 0.6 is 11.8 Å². The van der Waals surface area contributed by atoms with Crippen molar-refractivity contribution in [1.29, 1.82) is 0 Å². The largest absolute Gasteiger partial charge is 0.370 e. The minimum Gasteiger partial charge on any atom is -0.370 e. The minimum atomic E-state index is -3.47. The van der Waals surface area contributed by atoms with Crippen LogP contribution in [0.4, 0.5) is 5.82 Å². The molecule has 0 bridgehead atoms. The first-order chi connectivity index (χ1) is 9.51. The van der Waals surface area contributed by atoms with Gasteiger partial charge in [-0.1, -0.05) is 6.42 Å². The smallest absolute Gasteiger partial charge is 0.242 e. The lowest BCUT2D eigenvalue weighted by Crippen LogP contribution is -2.45. The summed E-state index contributed by atoms with van der Waals surface area (Å²) in [6, 6.07) is 3.27. The van der Waals surface area contributed by atoms with E-state index in [2.05, 4.69) is 15.0 Å². The van der Waals surface area contributed by atoms with Gasteiger partial charge in [0, 0.05) is 24.0 Å². The van der Waals surface area contributed by atoms with Gasteiger partial charge in [0.2, 0.25) is 10.0 Å². The van der Waals surface area contributed by atoms with Gasteiger partial charge in [-0.15, -0.1) is 0 Å². The van der Waals surface area contributed by atoms with Crippen molar-refractivity contribution in [3.8, 4) is 0 Å². The summed E-state index contributed by atoms with van der Waals surface area (Å²) in [5.41, 5.74) is 0. The second-order valence-electron chi connectivity index (χ2n) is 4.97. The standard InChI is InChI=1S/C13H21N3O2S2/c1-3-14-12-6-5-11(9-15-12)20(17,18)16-10-13(19-2)7-4-8-13/h5-6,9,16H,3-4,7-8,10H2,1-2H3,(H,14,15). The van der Waals surface area contributed by atoms with E-state index >= 15 is 0 Å². The molecule has 1 aliphatic rings. The minimum absolute atomic E-state index is 0.0875. The number of nitrogens with zero attached hydrogens (tertiary/aromatic N) is 1. The normalized spacial score (nSPS) is 17.5. The number of rotatable bonds is 7. The molecule has 1 aromatic rings. The molecule has 0 atom stereocenters. The molecule has 0 amide bonds. The summed E-state index contributed by atoms with van der Waals surface area (Å²) in [5.74, 6) is 0.686. The van der Waals surface area contributed by atoms with Crippen molar-refractivity contribution in [3.63, 3.8) is 0 Å². The average molecular weight is 315 g/mol. The van der Waals surface area contributed by atoms with E-state index in [0.29, 0.717) is 12.4 Å². The fraction of sp³-hybridized carbons (Fsp3) is 0.615. The molecule has 2 N–H and O–H groups in total. The van der Waals surface area contributed by atoms with E-state index in [1.807, 2.05) is 13.2 Å². The van der Waals surface area contributed by atoms with E-state index in [9.17, 15) is 8.42 Å². The fourth-order valence-corrected chi connectivity index (χ4v) is 4.24. The maximum Gasteiger partial charge on any atom is 0.242 e. The van der Waals surface area contributed by atoms with Crippen LogP contribution < -0.4 is 10.0 Å². The van der Waals surface area contributed by atoms with Crippen LogP contribution in [0.5, 0.6) is 0 Å². The second kappa shape index (κ2) is 6.32. The summed E-state index contributed by atoms with van der Waals surface area (Å²) in [4.78, 5) is 4.32. The molecule has 1 aromatic heterocycles. The van der Waals surface area contributed by atoms with Gasteiger partial charge in [-0.05, 0) is 38.2 Å². The maximum atomic E-state index is 12.2. The topological polar surface area (TPSA) is 71.1 Å². The maximum absolute atomic E-state index is 12.2. The molecule has 0 aromatic carbocycles. The number of aromatic nitrogens is 1. The molecule has 1 heterocycles. The van der Waals surface area contributed by atoms with Crippen LogP contribution in [0.3, 0.4) is 0 Å². The lowest BCUT2D eigenvalue weighted by atomic mass is 9.84. The molecule has 0 unspecified atom stereocenters. The predicted octanol–water partition coefficient (Wildman–Crippen LogP) is 2.08. The highest BCUT2D eigenvalue weighted by Crippen LogP contribution is 2.42. The molecule has 0 spiro atoms. The summed E-state index contributed by atoms with van der Waals surface area (Å²) >= 11 is 1.75. The molecule has 112 valence electrons. The number of sulfonamides is 1. The fourth-order valence-electron chi connectivity index (χ4n) is 2.16. The van der Waals surface area contributed by atoms with Crippen LogP contribution in [0.15, 0.2) is 23.2 Å². The third kappa shape index (κ3) is 3.45. The molecule has 0 saturated heterocycles. The highest BCUT2D eigenvalue weighted by atomic mass is 32.2. The van der Waals surface area contributed by atoms with Gasteiger partial charge in [0.05, 0.1) is 0 Å². The number of pyridine rings is 1. The second-order valence-corrected chi connectivity index (χ2v) is 8.02. The van der Waals surface area contributed by atoms with Gasteiger partial charge in [-0.3, -0.25) is 0 Å². The third-order valence-corrected chi connectivity index (χ3v) is 6.49. The van der Waals surface area contributed by atoms with Crippen LogP contribution in [-0.4, -0.2) is 37.5 Å². The number of thioether (sulfide) groups is 1. The number of hydrogen-bond donors (Lipinski definition) is 2. The quantitative estimate of drug-likeness (QED) is 0.806. The number of hydrogen-bond acceptors (Lipinski definition) is 5.